The Kier molecular flexibility index (Phi) is 5.53. The van der Waals surface area contributed by atoms with Gasteiger partial charge in [0.05, 0.1) is 19.9 Å². The van der Waals surface area contributed by atoms with Crippen molar-refractivity contribution in [2.75, 3.05) is 26.1 Å². The van der Waals surface area contributed by atoms with Gasteiger partial charge in [-0.2, -0.15) is 0 Å². The molecule has 0 fully saturated rings. The van der Waals surface area contributed by atoms with Crippen molar-refractivity contribution in [1.82, 2.24) is 15.3 Å². The van der Waals surface area contributed by atoms with Crippen LogP contribution in [0.15, 0.2) is 36.9 Å². The number of aromatic nitrogens is 2. The molecular formula is C15H18N4O3. The van der Waals surface area contributed by atoms with E-state index in [9.17, 15) is 4.79 Å². The molecule has 1 heterocycles. The maximum absolute atomic E-state index is 11.9. The van der Waals surface area contributed by atoms with Crippen LogP contribution in [0.5, 0.6) is 11.5 Å². The lowest BCUT2D eigenvalue weighted by molar-refractivity contribution is 0.252. The minimum Gasteiger partial charge on any atom is -0.497 e. The van der Waals surface area contributed by atoms with Gasteiger partial charge in [0, 0.05) is 25.0 Å². The molecule has 0 aliphatic heterocycles. The first-order valence-corrected chi connectivity index (χ1v) is 6.73. The molecule has 7 nitrogen and oxygen atoms in total. The molecule has 0 unspecified atom stereocenters. The van der Waals surface area contributed by atoms with Gasteiger partial charge >= 0.3 is 6.03 Å². The molecule has 2 amide bonds. The van der Waals surface area contributed by atoms with Crippen molar-refractivity contribution in [1.29, 1.82) is 0 Å². The highest BCUT2D eigenvalue weighted by atomic mass is 16.5. The summed E-state index contributed by atoms with van der Waals surface area (Å²) in [6.07, 6.45) is 5.58. The summed E-state index contributed by atoms with van der Waals surface area (Å²) in [5, 5.41) is 5.50. The Labute approximate surface area is 128 Å². The van der Waals surface area contributed by atoms with Crippen molar-refractivity contribution in [2.24, 2.45) is 0 Å². The van der Waals surface area contributed by atoms with Gasteiger partial charge in [-0.1, -0.05) is 0 Å². The normalized spacial score (nSPS) is 9.91. The zero-order valence-electron chi connectivity index (χ0n) is 12.5. The predicted octanol–water partition coefficient (Wildman–Crippen LogP) is 1.86. The lowest BCUT2D eigenvalue weighted by atomic mass is 10.2. The molecule has 0 aliphatic carbocycles. The predicted molar refractivity (Wildman–Crippen MR) is 82.3 cm³/mol. The average molecular weight is 302 g/mol. The van der Waals surface area contributed by atoms with Crippen molar-refractivity contribution < 1.29 is 14.3 Å². The fourth-order valence-corrected chi connectivity index (χ4v) is 1.85. The van der Waals surface area contributed by atoms with Crippen LogP contribution in [0.1, 0.15) is 5.56 Å². The van der Waals surface area contributed by atoms with Gasteiger partial charge in [-0.25, -0.2) is 14.8 Å². The van der Waals surface area contributed by atoms with Crippen molar-refractivity contribution in [3.63, 3.8) is 0 Å². The second-order valence-corrected chi connectivity index (χ2v) is 4.44. The number of rotatable bonds is 6. The van der Waals surface area contributed by atoms with E-state index in [1.54, 1.807) is 37.7 Å². The molecule has 0 spiro atoms. The Hall–Kier alpha value is -2.83. The molecule has 0 radical (unpaired) electrons. The summed E-state index contributed by atoms with van der Waals surface area (Å²) in [5.41, 5.74) is 1.54. The van der Waals surface area contributed by atoms with Gasteiger partial charge in [0.1, 0.15) is 17.8 Å². The Bertz CT molecular complexity index is 619. The third kappa shape index (κ3) is 4.34. The SMILES string of the molecule is COc1ccc(NC(=O)NCCc2cncnc2)c(OC)c1. The fourth-order valence-electron chi connectivity index (χ4n) is 1.85. The largest absolute Gasteiger partial charge is 0.497 e. The standard InChI is InChI=1S/C15H18N4O3/c1-21-12-3-4-13(14(7-12)22-2)19-15(20)18-6-5-11-8-16-10-17-9-11/h3-4,7-10H,5-6H2,1-2H3,(H2,18,19,20). The molecular weight excluding hydrogens is 284 g/mol. The summed E-state index contributed by atoms with van der Waals surface area (Å²) < 4.78 is 10.3. The molecule has 7 heteroatoms. The van der Waals surface area contributed by atoms with Crippen LogP contribution < -0.4 is 20.1 Å². The number of urea groups is 1. The highest BCUT2D eigenvalue weighted by Gasteiger charge is 2.08. The van der Waals surface area contributed by atoms with E-state index in [2.05, 4.69) is 20.6 Å². The molecule has 0 saturated heterocycles. The molecule has 0 atom stereocenters. The minimum absolute atomic E-state index is 0.305. The Morgan fingerprint density at radius 3 is 2.64 bits per heavy atom. The molecule has 2 aromatic rings. The van der Waals surface area contributed by atoms with E-state index in [0.29, 0.717) is 30.2 Å². The molecule has 1 aromatic heterocycles. The van der Waals surface area contributed by atoms with E-state index in [1.165, 1.54) is 13.4 Å². The number of nitrogens with zero attached hydrogens (tertiary/aromatic N) is 2. The number of methoxy groups -OCH3 is 2. The van der Waals surface area contributed by atoms with E-state index >= 15 is 0 Å². The number of amides is 2. The van der Waals surface area contributed by atoms with E-state index in [1.807, 2.05) is 0 Å². The van der Waals surface area contributed by atoms with Crippen LogP contribution in [-0.4, -0.2) is 36.8 Å². The molecule has 2 rings (SSSR count). The number of carbonyl (C=O) groups is 1. The molecule has 0 aliphatic rings. The number of carbonyl (C=O) groups excluding carboxylic acids is 1. The van der Waals surface area contributed by atoms with Gasteiger partial charge in [0.25, 0.3) is 0 Å². The fraction of sp³-hybridized carbons (Fsp3) is 0.267. The highest BCUT2D eigenvalue weighted by molar-refractivity contribution is 5.91. The molecule has 22 heavy (non-hydrogen) atoms. The van der Waals surface area contributed by atoms with Crippen molar-refractivity contribution in [3.05, 3.63) is 42.5 Å². The minimum atomic E-state index is -0.305. The first-order chi connectivity index (χ1) is 10.7. The van der Waals surface area contributed by atoms with Gasteiger partial charge in [0.2, 0.25) is 0 Å². The maximum atomic E-state index is 11.9. The van der Waals surface area contributed by atoms with Gasteiger partial charge < -0.3 is 20.1 Å². The Morgan fingerprint density at radius 2 is 1.95 bits per heavy atom. The van der Waals surface area contributed by atoms with Crippen molar-refractivity contribution >= 4 is 11.7 Å². The second kappa shape index (κ2) is 7.82. The number of hydrogen-bond acceptors (Lipinski definition) is 5. The number of benzene rings is 1. The Balaban J connectivity index is 1.86. The first kappa shape index (κ1) is 15.6. The van der Waals surface area contributed by atoms with E-state index in [4.69, 9.17) is 9.47 Å². The van der Waals surface area contributed by atoms with E-state index in [-0.39, 0.29) is 6.03 Å². The zero-order chi connectivity index (χ0) is 15.8. The lowest BCUT2D eigenvalue weighted by Gasteiger charge is -2.12. The van der Waals surface area contributed by atoms with E-state index < -0.39 is 0 Å². The molecule has 0 bridgehead atoms. The van der Waals surface area contributed by atoms with Gasteiger partial charge in [-0.3, -0.25) is 0 Å². The second-order valence-electron chi connectivity index (χ2n) is 4.44. The van der Waals surface area contributed by atoms with Crippen LogP contribution in [0.2, 0.25) is 0 Å². The number of ether oxygens (including phenoxy) is 2. The molecule has 116 valence electrons. The van der Waals surface area contributed by atoms with Crippen LogP contribution in [0.25, 0.3) is 0 Å². The van der Waals surface area contributed by atoms with Crippen LogP contribution in [0.4, 0.5) is 10.5 Å². The van der Waals surface area contributed by atoms with Gasteiger partial charge in [-0.05, 0) is 24.1 Å². The van der Waals surface area contributed by atoms with Crippen LogP contribution in [0, 0.1) is 0 Å². The summed E-state index contributed by atoms with van der Waals surface area (Å²) in [7, 11) is 3.11. The maximum Gasteiger partial charge on any atom is 0.319 e. The molecule has 0 saturated carbocycles. The quantitative estimate of drug-likeness (QED) is 0.850. The highest BCUT2D eigenvalue weighted by Crippen LogP contribution is 2.28. The number of hydrogen-bond donors (Lipinski definition) is 2. The molecule has 2 N–H and O–H groups in total. The first-order valence-electron chi connectivity index (χ1n) is 6.73. The summed E-state index contributed by atoms with van der Waals surface area (Å²) >= 11 is 0. The molecule has 1 aromatic carbocycles. The van der Waals surface area contributed by atoms with Crippen molar-refractivity contribution in [2.45, 2.75) is 6.42 Å². The average Bonchev–Trinajstić information content (AvgIpc) is 2.56. The van der Waals surface area contributed by atoms with Crippen LogP contribution >= 0.6 is 0 Å². The van der Waals surface area contributed by atoms with Crippen LogP contribution in [-0.2, 0) is 6.42 Å². The summed E-state index contributed by atoms with van der Waals surface area (Å²) in [6.45, 7) is 0.484. The van der Waals surface area contributed by atoms with Gasteiger partial charge in [0.15, 0.2) is 0 Å². The van der Waals surface area contributed by atoms with Crippen LogP contribution in [0.3, 0.4) is 0 Å². The zero-order valence-corrected chi connectivity index (χ0v) is 12.5. The van der Waals surface area contributed by atoms with Crippen molar-refractivity contribution in [3.8, 4) is 11.5 Å². The monoisotopic (exact) mass is 302 g/mol. The smallest absolute Gasteiger partial charge is 0.319 e. The number of nitrogens with one attached hydrogen (secondary N) is 2. The summed E-state index contributed by atoms with van der Waals surface area (Å²) in [4.78, 5) is 19.7. The summed E-state index contributed by atoms with van der Waals surface area (Å²) in [5.74, 6) is 1.19. The summed E-state index contributed by atoms with van der Waals surface area (Å²) in [6, 6.07) is 4.87. The lowest BCUT2D eigenvalue weighted by Crippen LogP contribution is -2.30. The Morgan fingerprint density at radius 1 is 1.18 bits per heavy atom. The van der Waals surface area contributed by atoms with Gasteiger partial charge in [-0.15, -0.1) is 0 Å². The topological polar surface area (TPSA) is 85.4 Å². The third-order valence-electron chi connectivity index (χ3n) is 2.97. The van der Waals surface area contributed by atoms with E-state index in [0.717, 1.165) is 5.56 Å². The third-order valence-corrected chi connectivity index (χ3v) is 2.97. The number of anilines is 1.